The summed E-state index contributed by atoms with van der Waals surface area (Å²) in [6.45, 7) is 2.23. The van der Waals surface area contributed by atoms with Crippen molar-refractivity contribution in [2.24, 2.45) is 0 Å². The average molecular weight is 112 g/mol. The normalized spacial score (nSPS) is 52.9. The van der Waals surface area contributed by atoms with E-state index in [4.69, 9.17) is 4.74 Å². The lowest BCUT2D eigenvalue weighted by Gasteiger charge is -2.09. The summed E-state index contributed by atoms with van der Waals surface area (Å²) >= 11 is 0. The molecule has 46 valence electrons. The quantitative estimate of drug-likeness (QED) is 0.435. The summed E-state index contributed by atoms with van der Waals surface area (Å²) in [6, 6.07) is 0. The molecule has 8 heavy (non-hydrogen) atoms. The zero-order chi connectivity index (χ0) is 5.61. The molecule has 0 aromatic rings. The summed E-state index contributed by atoms with van der Waals surface area (Å²) in [5.74, 6) is 0. The molecule has 0 amide bonds. The molecule has 2 atom stereocenters. The first-order chi connectivity index (χ1) is 3.81. The van der Waals surface area contributed by atoms with E-state index in [-0.39, 0.29) is 0 Å². The maximum absolute atomic E-state index is 5.47. The molecule has 2 fully saturated rings. The van der Waals surface area contributed by atoms with E-state index in [2.05, 4.69) is 6.92 Å². The number of fused-ring (bicyclic) bond motifs is 1. The van der Waals surface area contributed by atoms with Crippen LogP contribution in [0.25, 0.3) is 0 Å². The topological polar surface area (TPSA) is 12.5 Å². The maximum Gasteiger partial charge on any atom is 0.0920 e. The van der Waals surface area contributed by atoms with E-state index in [1.54, 1.807) is 0 Å². The lowest BCUT2D eigenvalue weighted by atomic mass is 9.91. The second-order valence-corrected chi connectivity index (χ2v) is 3.16. The van der Waals surface area contributed by atoms with Gasteiger partial charge in [-0.2, -0.15) is 0 Å². The maximum atomic E-state index is 5.47. The Balaban J connectivity index is 2.04. The fraction of sp³-hybridized carbons (Fsp3) is 1.00. The van der Waals surface area contributed by atoms with Gasteiger partial charge in [0, 0.05) is 0 Å². The van der Waals surface area contributed by atoms with Crippen LogP contribution in [0.2, 0.25) is 0 Å². The van der Waals surface area contributed by atoms with Crippen LogP contribution in [0.4, 0.5) is 0 Å². The molecule has 0 unspecified atom stereocenters. The van der Waals surface area contributed by atoms with E-state index in [0.717, 1.165) is 0 Å². The van der Waals surface area contributed by atoms with Crippen molar-refractivity contribution in [3.8, 4) is 0 Å². The third-order valence-corrected chi connectivity index (χ3v) is 2.42. The molecule has 0 radical (unpaired) electrons. The third-order valence-electron chi connectivity index (χ3n) is 2.42. The van der Waals surface area contributed by atoms with Gasteiger partial charge in [0.25, 0.3) is 0 Å². The second-order valence-electron chi connectivity index (χ2n) is 3.16. The van der Waals surface area contributed by atoms with Crippen LogP contribution in [-0.2, 0) is 4.74 Å². The Labute approximate surface area is 50.0 Å². The first kappa shape index (κ1) is 4.80. The summed E-state index contributed by atoms with van der Waals surface area (Å²) in [6.07, 6.45) is 6.04. The van der Waals surface area contributed by atoms with Gasteiger partial charge in [-0.25, -0.2) is 0 Å². The van der Waals surface area contributed by atoms with Crippen molar-refractivity contribution < 1.29 is 4.74 Å². The monoisotopic (exact) mass is 112 g/mol. The van der Waals surface area contributed by atoms with Gasteiger partial charge < -0.3 is 4.74 Å². The van der Waals surface area contributed by atoms with Crippen molar-refractivity contribution in [2.45, 2.75) is 44.3 Å². The van der Waals surface area contributed by atoms with Crippen molar-refractivity contribution in [1.82, 2.24) is 0 Å². The Kier molecular flexibility index (Phi) is 0.762. The highest BCUT2D eigenvalue weighted by Crippen LogP contribution is 2.46. The van der Waals surface area contributed by atoms with Gasteiger partial charge in [0.2, 0.25) is 0 Å². The minimum Gasteiger partial charge on any atom is -0.366 e. The zero-order valence-corrected chi connectivity index (χ0v) is 5.31. The molecule has 2 rings (SSSR count). The molecule has 1 aliphatic carbocycles. The molecule has 1 heterocycles. The molecule has 0 bridgehead atoms. The molecule has 0 aromatic heterocycles. The zero-order valence-electron chi connectivity index (χ0n) is 5.31. The van der Waals surface area contributed by atoms with Crippen LogP contribution in [0.5, 0.6) is 0 Å². The number of ether oxygens (including phenoxy) is 1. The molecule has 0 aromatic carbocycles. The highest BCUT2D eigenvalue weighted by molar-refractivity contribution is 5.01. The Morgan fingerprint density at radius 1 is 1.50 bits per heavy atom. The van der Waals surface area contributed by atoms with Crippen LogP contribution in [0.3, 0.4) is 0 Å². The van der Waals surface area contributed by atoms with Crippen LogP contribution >= 0.6 is 0 Å². The predicted molar refractivity (Wildman–Crippen MR) is 31.7 cm³/mol. The summed E-state index contributed by atoms with van der Waals surface area (Å²) in [5.41, 5.74) is 0.345. The summed E-state index contributed by atoms with van der Waals surface area (Å²) in [7, 11) is 0. The highest BCUT2D eigenvalue weighted by Gasteiger charge is 2.52. The number of rotatable bonds is 0. The van der Waals surface area contributed by atoms with Gasteiger partial charge in [-0.3, -0.25) is 0 Å². The van der Waals surface area contributed by atoms with Gasteiger partial charge >= 0.3 is 0 Å². The van der Waals surface area contributed by atoms with Crippen molar-refractivity contribution in [3.05, 3.63) is 0 Å². The van der Waals surface area contributed by atoms with Crippen molar-refractivity contribution in [2.75, 3.05) is 0 Å². The molecular weight excluding hydrogens is 100 g/mol. The van der Waals surface area contributed by atoms with E-state index in [9.17, 15) is 0 Å². The largest absolute Gasteiger partial charge is 0.366 e. The van der Waals surface area contributed by atoms with Crippen LogP contribution in [0, 0.1) is 0 Å². The smallest absolute Gasteiger partial charge is 0.0920 e. The summed E-state index contributed by atoms with van der Waals surface area (Å²) in [4.78, 5) is 0. The van der Waals surface area contributed by atoms with E-state index in [1.807, 2.05) is 0 Å². The lowest BCUT2D eigenvalue weighted by Crippen LogP contribution is -2.13. The molecular formula is C7H12O. The fourth-order valence-corrected chi connectivity index (χ4v) is 1.68. The van der Waals surface area contributed by atoms with Crippen LogP contribution in [0.15, 0.2) is 0 Å². The molecule has 0 spiro atoms. The van der Waals surface area contributed by atoms with Gasteiger partial charge in [0.05, 0.1) is 11.7 Å². The number of epoxide rings is 1. The molecule has 1 aliphatic heterocycles. The lowest BCUT2D eigenvalue weighted by molar-refractivity contribution is 0.304. The first-order valence-electron chi connectivity index (χ1n) is 3.49. The standard InChI is InChI=1S/C7H12O/c1-7-5-3-2-4-6(7)8-7/h6H,2-5H2,1H3/t6-,7+/m1/s1. The molecule has 1 saturated heterocycles. The van der Waals surface area contributed by atoms with Crippen molar-refractivity contribution in [1.29, 1.82) is 0 Å². The molecule has 1 saturated carbocycles. The molecule has 0 N–H and O–H groups in total. The van der Waals surface area contributed by atoms with Gasteiger partial charge in [0.15, 0.2) is 0 Å². The van der Waals surface area contributed by atoms with Crippen LogP contribution < -0.4 is 0 Å². The predicted octanol–water partition coefficient (Wildman–Crippen LogP) is 1.72. The van der Waals surface area contributed by atoms with Crippen molar-refractivity contribution >= 4 is 0 Å². The van der Waals surface area contributed by atoms with E-state index >= 15 is 0 Å². The Morgan fingerprint density at radius 3 is 2.88 bits per heavy atom. The second kappa shape index (κ2) is 1.27. The van der Waals surface area contributed by atoms with Gasteiger partial charge in [-0.1, -0.05) is 12.8 Å². The minimum atomic E-state index is 0.345. The summed E-state index contributed by atoms with van der Waals surface area (Å²) in [5, 5.41) is 0. The number of hydrogen-bond acceptors (Lipinski definition) is 1. The molecule has 1 heteroatoms. The molecule has 1 nitrogen and oxygen atoms in total. The minimum absolute atomic E-state index is 0.345. The van der Waals surface area contributed by atoms with Gasteiger partial charge in [0.1, 0.15) is 0 Å². The Morgan fingerprint density at radius 2 is 2.38 bits per heavy atom. The third kappa shape index (κ3) is 0.510. The number of hydrogen-bond donors (Lipinski definition) is 0. The molecule has 2 aliphatic rings. The van der Waals surface area contributed by atoms with E-state index < -0.39 is 0 Å². The van der Waals surface area contributed by atoms with Gasteiger partial charge in [-0.15, -0.1) is 0 Å². The Hall–Kier alpha value is -0.0400. The first-order valence-corrected chi connectivity index (χ1v) is 3.49. The Bertz CT molecular complexity index is 109. The van der Waals surface area contributed by atoms with E-state index in [1.165, 1.54) is 25.7 Å². The van der Waals surface area contributed by atoms with Gasteiger partial charge in [-0.05, 0) is 19.8 Å². The summed E-state index contributed by atoms with van der Waals surface area (Å²) < 4.78 is 5.47. The fourth-order valence-electron chi connectivity index (χ4n) is 1.68. The average Bonchev–Trinajstić information content (AvgIpc) is 2.39. The highest BCUT2D eigenvalue weighted by atomic mass is 16.6. The van der Waals surface area contributed by atoms with Crippen LogP contribution in [0.1, 0.15) is 32.6 Å². The van der Waals surface area contributed by atoms with Crippen molar-refractivity contribution in [3.63, 3.8) is 0 Å². The van der Waals surface area contributed by atoms with Crippen LogP contribution in [-0.4, -0.2) is 11.7 Å². The SMILES string of the molecule is C[C@]12CCCC[C@H]1O2. The van der Waals surface area contributed by atoms with E-state index in [0.29, 0.717) is 11.7 Å².